The fourth-order valence-electron chi connectivity index (χ4n) is 1.59. The monoisotopic (exact) mass is 211 g/mol. The maximum atomic E-state index is 10.7. The zero-order chi connectivity index (χ0) is 10.6. The van der Waals surface area contributed by atoms with Crippen molar-refractivity contribution in [3.05, 3.63) is 34.9 Å². The van der Waals surface area contributed by atoms with Crippen LogP contribution in [0.4, 0.5) is 0 Å². The van der Waals surface area contributed by atoms with Crippen LogP contribution in [0.2, 0.25) is 0 Å². The van der Waals surface area contributed by atoms with Gasteiger partial charge in [0.1, 0.15) is 0 Å². The standard InChI is InChI=1S/C11H16O2S/c1-3-5-10-7-4-6-9(2)11(10)8-14(12)13/h4,6-7H,3,5,8H2,1-2H3,(H,12,13)/p-1. The Morgan fingerprint density at radius 1 is 1.43 bits per heavy atom. The molecule has 0 amide bonds. The quantitative estimate of drug-likeness (QED) is 0.717. The van der Waals surface area contributed by atoms with Gasteiger partial charge in [-0.3, -0.25) is 4.21 Å². The van der Waals surface area contributed by atoms with Crippen molar-refractivity contribution in [1.82, 2.24) is 0 Å². The molecule has 3 heteroatoms. The van der Waals surface area contributed by atoms with Crippen molar-refractivity contribution in [3.63, 3.8) is 0 Å². The second kappa shape index (κ2) is 5.27. The number of rotatable bonds is 4. The number of benzene rings is 1. The summed E-state index contributed by atoms with van der Waals surface area (Å²) in [5.41, 5.74) is 3.21. The molecule has 2 nitrogen and oxygen atoms in total. The van der Waals surface area contributed by atoms with Crippen molar-refractivity contribution in [2.45, 2.75) is 32.4 Å². The highest BCUT2D eigenvalue weighted by Gasteiger charge is 2.04. The summed E-state index contributed by atoms with van der Waals surface area (Å²) >= 11 is -1.99. The molecular formula is C11H15O2S-. The Bertz CT molecular complexity index is 334. The molecule has 78 valence electrons. The minimum Gasteiger partial charge on any atom is -0.772 e. The van der Waals surface area contributed by atoms with Crippen LogP contribution in [0, 0.1) is 6.92 Å². The van der Waals surface area contributed by atoms with Crippen LogP contribution in [-0.2, 0) is 23.3 Å². The summed E-state index contributed by atoms with van der Waals surface area (Å²) < 4.78 is 21.4. The maximum Gasteiger partial charge on any atom is 0.0358 e. The SMILES string of the molecule is CCCc1cccc(C)c1CS(=O)[O-]. The first-order valence-electron chi connectivity index (χ1n) is 4.78. The third-order valence-corrected chi connectivity index (χ3v) is 2.81. The molecule has 0 saturated carbocycles. The van der Waals surface area contributed by atoms with Gasteiger partial charge < -0.3 is 4.55 Å². The predicted octanol–water partition coefficient (Wildman–Crippen LogP) is 2.33. The Labute approximate surface area is 87.6 Å². The molecule has 1 rings (SSSR count). The molecule has 14 heavy (non-hydrogen) atoms. The van der Waals surface area contributed by atoms with Gasteiger partial charge in [0.05, 0.1) is 0 Å². The van der Waals surface area contributed by atoms with Crippen LogP contribution in [0.3, 0.4) is 0 Å². The highest BCUT2D eigenvalue weighted by atomic mass is 32.2. The second-order valence-electron chi connectivity index (χ2n) is 3.41. The van der Waals surface area contributed by atoms with Crippen LogP contribution in [-0.4, -0.2) is 8.76 Å². The molecule has 0 fully saturated rings. The van der Waals surface area contributed by atoms with E-state index in [-0.39, 0.29) is 5.75 Å². The Balaban J connectivity index is 3.02. The van der Waals surface area contributed by atoms with Crippen molar-refractivity contribution in [3.8, 4) is 0 Å². The minimum absolute atomic E-state index is 0.141. The Morgan fingerprint density at radius 2 is 2.14 bits per heavy atom. The minimum atomic E-state index is -1.99. The maximum absolute atomic E-state index is 10.7. The number of hydrogen-bond donors (Lipinski definition) is 0. The van der Waals surface area contributed by atoms with Gasteiger partial charge in [0.25, 0.3) is 0 Å². The van der Waals surface area contributed by atoms with E-state index in [0.717, 1.165) is 29.5 Å². The van der Waals surface area contributed by atoms with E-state index in [1.165, 1.54) is 0 Å². The Morgan fingerprint density at radius 3 is 2.71 bits per heavy atom. The van der Waals surface area contributed by atoms with E-state index in [4.69, 9.17) is 0 Å². The Kier molecular flexibility index (Phi) is 4.29. The lowest BCUT2D eigenvalue weighted by atomic mass is 10.00. The molecule has 0 saturated heterocycles. The fraction of sp³-hybridized carbons (Fsp3) is 0.455. The van der Waals surface area contributed by atoms with Crippen molar-refractivity contribution >= 4 is 11.1 Å². The smallest absolute Gasteiger partial charge is 0.0358 e. The number of aryl methyl sites for hydroxylation is 2. The van der Waals surface area contributed by atoms with Gasteiger partial charge >= 0.3 is 0 Å². The predicted molar refractivity (Wildman–Crippen MR) is 57.8 cm³/mol. The van der Waals surface area contributed by atoms with Gasteiger partial charge in [-0.05, 0) is 30.0 Å². The number of hydrogen-bond acceptors (Lipinski definition) is 2. The summed E-state index contributed by atoms with van der Waals surface area (Å²) in [6, 6.07) is 5.96. The molecule has 1 unspecified atom stereocenters. The van der Waals surface area contributed by atoms with E-state index >= 15 is 0 Å². The van der Waals surface area contributed by atoms with Crippen LogP contribution < -0.4 is 0 Å². The third kappa shape index (κ3) is 2.93. The molecular weight excluding hydrogens is 196 g/mol. The van der Waals surface area contributed by atoms with Crippen LogP contribution >= 0.6 is 0 Å². The lowest BCUT2D eigenvalue weighted by Gasteiger charge is -2.13. The second-order valence-corrected chi connectivity index (χ2v) is 4.31. The van der Waals surface area contributed by atoms with E-state index in [9.17, 15) is 8.76 Å². The van der Waals surface area contributed by atoms with Gasteiger partial charge in [0.15, 0.2) is 0 Å². The van der Waals surface area contributed by atoms with E-state index in [1.807, 2.05) is 25.1 Å². The molecule has 1 aromatic rings. The molecule has 0 radical (unpaired) electrons. The fourth-order valence-corrected chi connectivity index (χ4v) is 2.24. The molecule has 0 aliphatic carbocycles. The molecule has 1 aromatic carbocycles. The first kappa shape index (κ1) is 11.4. The largest absolute Gasteiger partial charge is 0.772 e. The van der Waals surface area contributed by atoms with Crippen molar-refractivity contribution < 1.29 is 8.76 Å². The molecule has 0 aliphatic rings. The lowest BCUT2D eigenvalue weighted by Crippen LogP contribution is -2.01. The van der Waals surface area contributed by atoms with Gasteiger partial charge in [-0.2, -0.15) is 0 Å². The summed E-state index contributed by atoms with van der Waals surface area (Å²) in [5, 5.41) is 0. The van der Waals surface area contributed by atoms with E-state index < -0.39 is 11.1 Å². The van der Waals surface area contributed by atoms with Gasteiger partial charge in [0.2, 0.25) is 0 Å². The molecule has 0 aliphatic heterocycles. The first-order chi connectivity index (χ1) is 6.65. The third-order valence-electron chi connectivity index (χ3n) is 2.29. The summed E-state index contributed by atoms with van der Waals surface area (Å²) in [4.78, 5) is 0. The van der Waals surface area contributed by atoms with Gasteiger partial charge in [-0.1, -0.05) is 42.6 Å². The van der Waals surface area contributed by atoms with Gasteiger partial charge in [-0.15, -0.1) is 0 Å². The molecule has 0 heterocycles. The average molecular weight is 211 g/mol. The van der Waals surface area contributed by atoms with E-state index in [2.05, 4.69) is 6.92 Å². The molecule has 0 N–H and O–H groups in total. The van der Waals surface area contributed by atoms with Crippen molar-refractivity contribution in [2.24, 2.45) is 0 Å². The molecule has 0 spiro atoms. The molecule has 0 aromatic heterocycles. The summed E-state index contributed by atoms with van der Waals surface area (Å²) in [7, 11) is 0. The van der Waals surface area contributed by atoms with Crippen molar-refractivity contribution in [1.29, 1.82) is 0 Å². The van der Waals surface area contributed by atoms with Gasteiger partial charge in [-0.25, -0.2) is 0 Å². The average Bonchev–Trinajstić information content (AvgIpc) is 2.11. The van der Waals surface area contributed by atoms with Crippen LogP contribution in [0.15, 0.2) is 18.2 Å². The molecule has 0 bridgehead atoms. The van der Waals surface area contributed by atoms with Crippen LogP contribution in [0.1, 0.15) is 30.0 Å². The van der Waals surface area contributed by atoms with Crippen LogP contribution in [0.5, 0.6) is 0 Å². The van der Waals surface area contributed by atoms with E-state index in [1.54, 1.807) is 0 Å². The topological polar surface area (TPSA) is 40.1 Å². The zero-order valence-corrected chi connectivity index (χ0v) is 9.39. The van der Waals surface area contributed by atoms with Crippen LogP contribution in [0.25, 0.3) is 0 Å². The summed E-state index contributed by atoms with van der Waals surface area (Å²) in [5.74, 6) is 0.141. The first-order valence-corrected chi connectivity index (χ1v) is 6.02. The van der Waals surface area contributed by atoms with Crippen molar-refractivity contribution in [2.75, 3.05) is 0 Å². The highest BCUT2D eigenvalue weighted by Crippen LogP contribution is 2.17. The van der Waals surface area contributed by atoms with Gasteiger partial charge in [0, 0.05) is 5.75 Å². The zero-order valence-electron chi connectivity index (χ0n) is 8.58. The normalized spacial score (nSPS) is 12.8. The summed E-state index contributed by atoms with van der Waals surface area (Å²) in [6.45, 7) is 4.06. The lowest BCUT2D eigenvalue weighted by molar-refractivity contribution is 0.536. The molecule has 1 atom stereocenters. The Hall–Kier alpha value is -0.670. The highest BCUT2D eigenvalue weighted by molar-refractivity contribution is 7.78. The summed E-state index contributed by atoms with van der Waals surface area (Å²) in [6.07, 6.45) is 2.00. The van der Waals surface area contributed by atoms with E-state index in [0.29, 0.717) is 0 Å².